The zero-order valence-electron chi connectivity index (χ0n) is 13.0. The van der Waals surface area contributed by atoms with Gasteiger partial charge in [-0.3, -0.25) is 4.79 Å². The van der Waals surface area contributed by atoms with E-state index in [2.05, 4.69) is 15.4 Å². The molecule has 1 aliphatic heterocycles. The van der Waals surface area contributed by atoms with Crippen LogP contribution in [-0.4, -0.2) is 38.3 Å². The number of benzene rings is 1. The van der Waals surface area contributed by atoms with Crippen molar-refractivity contribution < 1.29 is 23.0 Å². The van der Waals surface area contributed by atoms with Crippen molar-refractivity contribution in [3.05, 3.63) is 23.8 Å². The van der Waals surface area contributed by atoms with E-state index in [4.69, 9.17) is 4.74 Å². The highest BCUT2D eigenvalue weighted by atomic mass is 35.5. The molecule has 0 aromatic heterocycles. The predicted octanol–water partition coefficient (Wildman–Crippen LogP) is 2.59. The number of carbonyl (C=O) groups excluding carboxylic acids is 1. The zero-order chi connectivity index (χ0) is 16.1. The summed E-state index contributed by atoms with van der Waals surface area (Å²) in [6.45, 7) is -0.142. The van der Waals surface area contributed by atoms with Crippen LogP contribution >= 0.6 is 12.4 Å². The molecular formula is C15H21ClF2N2O3. The molecule has 1 aromatic rings. The van der Waals surface area contributed by atoms with Crippen LogP contribution < -0.4 is 20.1 Å². The molecule has 8 heteroatoms. The van der Waals surface area contributed by atoms with Gasteiger partial charge in [0, 0.05) is 12.1 Å². The Morgan fingerprint density at radius 1 is 1.43 bits per heavy atom. The molecule has 1 saturated heterocycles. The van der Waals surface area contributed by atoms with Gasteiger partial charge >= 0.3 is 6.61 Å². The quantitative estimate of drug-likeness (QED) is 0.857. The fourth-order valence-electron chi connectivity index (χ4n) is 2.55. The number of alkyl halides is 2. The summed E-state index contributed by atoms with van der Waals surface area (Å²) in [4.78, 5) is 12.4. The van der Waals surface area contributed by atoms with Crippen molar-refractivity contribution in [3.63, 3.8) is 0 Å². The minimum atomic E-state index is -3.03. The van der Waals surface area contributed by atoms with Gasteiger partial charge in [0.05, 0.1) is 12.7 Å². The van der Waals surface area contributed by atoms with E-state index in [1.807, 2.05) is 6.92 Å². The Balaban J connectivity index is 0.00000264. The topological polar surface area (TPSA) is 59.6 Å². The van der Waals surface area contributed by atoms with E-state index in [-0.39, 0.29) is 41.6 Å². The summed E-state index contributed by atoms with van der Waals surface area (Å²) in [5.74, 6) is -0.591. The lowest BCUT2D eigenvalue weighted by molar-refractivity contribution is -0.0515. The van der Waals surface area contributed by atoms with E-state index in [1.165, 1.54) is 19.2 Å². The fraction of sp³-hybridized carbons (Fsp3) is 0.533. The van der Waals surface area contributed by atoms with Crippen molar-refractivity contribution in [1.29, 1.82) is 0 Å². The zero-order valence-corrected chi connectivity index (χ0v) is 13.8. The molecule has 2 rings (SSSR count). The summed E-state index contributed by atoms with van der Waals surface area (Å²) < 4.78 is 34.6. The molecule has 1 amide bonds. The minimum Gasteiger partial charge on any atom is -0.493 e. The van der Waals surface area contributed by atoms with E-state index < -0.39 is 12.5 Å². The van der Waals surface area contributed by atoms with Crippen molar-refractivity contribution in [1.82, 2.24) is 10.6 Å². The van der Waals surface area contributed by atoms with Crippen molar-refractivity contribution in [2.45, 2.75) is 38.5 Å². The third kappa shape index (κ3) is 4.94. The summed E-state index contributed by atoms with van der Waals surface area (Å²) in [5.41, 5.74) is 0.0393. The van der Waals surface area contributed by atoms with Crippen LogP contribution in [0.1, 0.15) is 30.1 Å². The Bertz CT molecular complexity index is 531. The van der Waals surface area contributed by atoms with Gasteiger partial charge in [-0.05, 0) is 38.4 Å². The van der Waals surface area contributed by atoms with Crippen molar-refractivity contribution in [3.8, 4) is 11.5 Å². The molecule has 0 radical (unpaired) electrons. The smallest absolute Gasteiger partial charge is 0.387 e. The van der Waals surface area contributed by atoms with Crippen LogP contribution in [0.4, 0.5) is 8.78 Å². The Kier molecular flexibility index (Phi) is 7.51. The number of amides is 1. The summed E-state index contributed by atoms with van der Waals surface area (Å²) in [5, 5.41) is 6.14. The maximum atomic E-state index is 12.6. The molecule has 0 aliphatic carbocycles. The fourth-order valence-corrected chi connectivity index (χ4v) is 2.55. The van der Waals surface area contributed by atoms with Crippen LogP contribution in [0.5, 0.6) is 11.5 Å². The highest BCUT2D eigenvalue weighted by Gasteiger charge is 2.26. The van der Waals surface area contributed by atoms with E-state index >= 15 is 0 Å². The molecule has 130 valence electrons. The van der Waals surface area contributed by atoms with E-state index in [9.17, 15) is 13.6 Å². The van der Waals surface area contributed by atoms with Crippen LogP contribution in [0.25, 0.3) is 0 Å². The summed E-state index contributed by atoms with van der Waals surface area (Å²) in [6, 6.07) is 4.55. The molecule has 1 aliphatic rings. The molecule has 0 bridgehead atoms. The molecule has 1 heterocycles. The number of piperidine rings is 1. The molecule has 2 atom stereocenters. The molecule has 5 nitrogen and oxygen atoms in total. The average Bonchev–Trinajstić information content (AvgIpc) is 2.49. The molecule has 1 aromatic carbocycles. The SMILES string of the molecule is COc1cccc(C(=O)NC2CCCNC2C)c1OC(F)F.Cl. The first-order chi connectivity index (χ1) is 10.5. The van der Waals surface area contributed by atoms with Gasteiger partial charge in [-0.1, -0.05) is 6.07 Å². The molecule has 1 fully saturated rings. The normalized spacial score (nSPS) is 20.6. The first-order valence-electron chi connectivity index (χ1n) is 7.19. The maximum absolute atomic E-state index is 12.6. The first kappa shape index (κ1) is 19.4. The summed E-state index contributed by atoms with van der Waals surface area (Å²) in [6.07, 6.45) is 1.79. The Morgan fingerprint density at radius 2 is 2.17 bits per heavy atom. The molecule has 2 N–H and O–H groups in total. The highest BCUT2D eigenvalue weighted by molar-refractivity contribution is 5.98. The van der Waals surface area contributed by atoms with Gasteiger partial charge in [0.15, 0.2) is 11.5 Å². The van der Waals surface area contributed by atoms with Crippen molar-refractivity contribution in [2.24, 2.45) is 0 Å². The lowest BCUT2D eigenvalue weighted by Crippen LogP contribution is -2.51. The largest absolute Gasteiger partial charge is 0.493 e. The minimum absolute atomic E-state index is 0. The molecular weight excluding hydrogens is 330 g/mol. The lowest BCUT2D eigenvalue weighted by atomic mass is 9.99. The van der Waals surface area contributed by atoms with Crippen molar-refractivity contribution >= 4 is 18.3 Å². The molecule has 2 unspecified atom stereocenters. The number of methoxy groups -OCH3 is 1. The number of carbonyl (C=O) groups is 1. The number of hydrogen-bond acceptors (Lipinski definition) is 4. The van der Waals surface area contributed by atoms with Gasteiger partial charge < -0.3 is 20.1 Å². The van der Waals surface area contributed by atoms with Gasteiger partial charge in [-0.15, -0.1) is 12.4 Å². The highest BCUT2D eigenvalue weighted by Crippen LogP contribution is 2.32. The standard InChI is InChI=1S/C15H20F2N2O3.ClH/c1-9-11(6-4-8-18-9)19-14(20)10-5-3-7-12(21-2)13(10)22-15(16)17;/h3,5,7,9,11,15,18H,4,6,8H2,1-2H3,(H,19,20);1H. The van der Waals surface area contributed by atoms with Crippen LogP contribution in [0.15, 0.2) is 18.2 Å². The van der Waals surface area contributed by atoms with Crippen LogP contribution in [0.2, 0.25) is 0 Å². The number of halogens is 3. The Morgan fingerprint density at radius 3 is 2.78 bits per heavy atom. The Hall–Kier alpha value is -1.60. The Labute approximate surface area is 140 Å². The van der Waals surface area contributed by atoms with Gasteiger partial charge in [0.1, 0.15) is 0 Å². The van der Waals surface area contributed by atoms with E-state index in [0.29, 0.717) is 0 Å². The van der Waals surface area contributed by atoms with Crippen molar-refractivity contribution in [2.75, 3.05) is 13.7 Å². The second kappa shape index (κ2) is 8.88. The van der Waals surface area contributed by atoms with Crippen LogP contribution in [-0.2, 0) is 0 Å². The molecule has 23 heavy (non-hydrogen) atoms. The van der Waals surface area contributed by atoms with Gasteiger partial charge in [0.25, 0.3) is 5.91 Å². The third-order valence-electron chi connectivity index (χ3n) is 3.73. The van der Waals surface area contributed by atoms with E-state index in [0.717, 1.165) is 19.4 Å². The molecule has 0 spiro atoms. The van der Waals surface area contributed by atoms with Gasteiger partial charge in [-0.25, -0.2) is 0 Å². The second-order valence-electron chi connectivity index (χ2n) is 5.18. The van der Waals surface area contributed by atoms with Gasteiger partial charge in [-0.2, -0.15) is 8.78 Å². The maximum Gasteiger partial charge on any atom is 0.387 e. The van der Waals surface area contributed by atoms with E-state index in [1.54, 1.807) is 6.07 Å². The first-order valence-corrected chi connectivity index (χ1v) is 7.19. The number of rotatable bonds is 5. The summed E-state index contributed by atoms with van der Waals surface area (Å²) in [7, 11) is 1.34. The monoisotopic (exact) mass is 350 g/mol. The van der Waals surface area contributed by atoms with Crippen LogP contribution in [0.3, 0.4) is 0 Å². The summed E-state index contributed by atoms with van der Waals surface area (Å²) >= 11 is 0. The number of hydrogen-bond donors (Lipinski definition) is 2. The predicted molar refractivity (Wildman–Crippen MR) is 84.8 cm³/mol. The number of para-hydroxylation sites is 1. The van der Waals surface area contributed by atoms with Crippen LogP contribution in [0, 0.1) is 0 Å². The van der Waals surface area contributed by atoms with Gasteiger partial charge in [0.2, 0.25) is 0 Å². The lowest BCUT2D eigenvalue weighted by Gasteiger charge is -2.30. The number of nitrogens with one attached hydrogen (secondary N) is 2. The third-order valence-corrected chi connectivity index (χ3v) is 3.73. The number of ether oxygens (including phenoxy) is 2. The second-order valence-corrected chi connectivity index (χ2v) is 5.18. The average molecular weight is 351 g/mol. The molecule has 0 saturated carbocycles.